The second kappa shape index (κ2) is 7.93. The lowest BCUT2D eigenvalue weighted by molar-refractivity contribution is 0.201. The Morgan fingerprint density at radius 1 is 1.55 bits per heavy atom. The van der Waals surface area contributed by atoms with E-state index in [-0.39, 0.29) is 5.92 Å². The molecule has 0 spiro atoms. The molecule has 0 radical (unpaired) electrons. The number of rotatable bonds is 7. The quantitative estimate of drug-likeness (QED) is 0.765. The van der Waals surface area contributed by atoms with Crippen molar-refractivity contribution in [1.82, 2.24) is 14.8 Å². The summed E-state index contributed by atoms with van der Waals surface area (Å²) < 4.78 is 5.53. The van der Waals surface area contributed by atoms with E-state index in [4.69, 9.17) is 14.9 Å². The van der Waals surface area contributed by atoms with Crippen LogP contribution in [0.1, 0.15) is 30.9 Å². The fraction of sp³-hybridized carbons (Fsp3) is 0.688. The lowest BCUT2D eigenvalue weighted by Crippen LogP contribution is -2.35. The Hall–Kier alpha value is -1.89. The van der Waals surface area contributed by atoms with Crippen molar-refractivity contribution in [3.8, 4) is 12.1 Å². The molecular weight excluding hydrogens is 278 g/mol. The van der Waals surface area contributed by atoms with Gasteiger partial charge in [0.25, 0.3) is 0 Å². The van der Waals surface area contributed by atoms with Crippen LogP contribution in [-0.2, 0) is 6.54 Å². The number of aryl methyl sites for hydroxylation is 1. The average molecular weight is 301 g/mol. The van der Waals surface area contributed by atoms with Gasteiger partial charge in [-0.05, 0) is 33.4 Å². The molecule has 1 aromatic heterocycles. The van der Waals surface area contributed by atoms with Crippen molar-refractivity contribution in [1.29, 1.82) is 10.5 Å². The van der Waals surface area contributed by atoms with Crippen molar-refractivity contribution in [2.24, 2.45) is 5.92 Å². The van der Waals surface area contributed by atoms with Gasteiger partial charge in [-0.2, -0.15) is 10.5 Å². The molecule has 0 aliphatic carbocycles. The normalized spacial score (nSPS) is 20.0. The number of likely N-dealkylation sites (N-methyl/N-ethyl adjacent to an activating group) is 1. The first kappa shape index (κ1) is 16.5. The van der Waals surface area contributed by atoms with Crippen molar-refractivity contribution in [2.75, 3.05) is 26.7 Å². The maximum atomic E-state index is 9.17. The minimum atomic E-state index is -0.0434. The molecule has 0 unspecified atom stereocenters. The molecule has 2 rings (SSSR count). The lowest BCUT2D eigenvalue weighted by Gasteiger charge is -2.24. The molecule has 0 amide bonds. The van der Waals surface area contributed by atoms with E-state index in [2.05, 4.69) is 34.0 Å². The van der Waals surface area contributed by atoms with Gasteiger partial charge in [0, 0.05) is 25.6 Å². The van der Waals surface area contributed by atoms with Crippen LogP contribution in [0.2, 0.25) is 0 Å². The number of nitriles is 2. The molecule has 1 fully saturated rings. The van der Waals surface area contributed by atoms with Crippen LogP contribution in [0.4, 0.5) is 0 Å². The molecule has 0 aromatic carbocycles. The minimum absolute atomic E-state index is 0.0434. The summed E-state index contributed by atoms with van der Waals surface area (Å²) in [6.07, 6.45) is 3.96. The Bertz CT molecular complexity index is 556. The molecule has 6 heteroatoms. The third kappa shape index (κ3) is 4.56. The van der Waals surface area contributed by atoms with Gasteiger partial charge >= 0.3 is 0 Å². The zero-order chi connectivity index (χ0) is 15.9. The van der Waals surface area contributed by atoms with E-state index >= 15 is 0 Å². The van der Waals surface area contributed by atoms with Crippen LogP contribution in [0, 0.1) is 35.5 Å². The molecule has 0 bridgehead atoms. The maximum Gasteiger partial charge on any atom is 0.208 e. The molecule has 1 aromatic rings. The van der Waals surface area contributed by atoms with Gasteiger partial charge in [-0.1, -0.05) is 0 Å². The summed E-state index contributed by atoms with van der Waals surface area (Å²) in [7, 11) is 2.09. The summed E-state index contributed by atoms with van der Waals surface area (Å²) in [6.45, 7) is 5.34. The highest BCUT2D eigenvalue weighted by Crippen LogP contribution is 2.19. The minimum Gasteiger partial charge on any atom is -0.445 e. The monoisotopic (exact) mass is 301 g/mol. The van der Waals surface area contributed by atoms with Gasteiger partial charge in [-0.3, -0.25) is 4.90 Å². The van der Waals surface area contributed by atoms with Crippen LogP contribution < -0.4 is 0 Å². The molecule has 1 saturated heterocycles. The second-order valence-corrected chi connectivity index (χ2v) is 6.00. The predicted molar refractivity (Wildman–Crippen MR) is 81.5 cm³/mol. The van der Waals surface area contributed by atoms with E-state index < -0.39 is 0 Å². The van der Waals surface area contributed by atoms with Crippen molar-refractivity contribution in [3.05, 3.63) is 17.8 Å². The van der Waals surface area contributed by atoms with Crippen molar-refractivity contribution >= 4 is 0 Å². The second-order valence-electron chi connectivity index (χ2n) is 6.00. The Labute approximate surface area is 131 Å². The summed E-state index contributed by atoms with van der Waals surface area (Å²) in [5, 5.41) is 17.8. The summed E-state index contributed by atoms with van der Waals surface area (Å²) in [6, 6.07) is 4.90. The molecule has 1 aliphatic rings. The third-order valence-corrected chi connectivity index (χ3v) is 4.19. The van der Waals surface area contributed by atoms with Crippen LogP contribution in [0.5, 0.6) is 0 Å². The smallest absolute Gasteiger partial charge is 0.208 e. The van der Waals surface area contributed by atoms with Gasteiger partial charge in [0.1, 0.15) is 5.76 Å². The number of nitrogens with zero attached hydrogens (tertiary/aromatic N) is 5. The standard InChI is InChI=1S/C16H23N5O/c1-13-9-19-16(22-13)12-20(2)15-5-7-21(11-15)10-14(8-18)4-3-6-17/h9,14-15H,3-5,7,10-12H2,1-2H3/t14-,15-/m1/s1. The molecule has 1 aliphatic heterocycles. The lowest BCUT2D eigenvalue weighted by atomic mass is 10.1. The van der Waals surface area contributed by atoms with Gasteiger partial charge in [0.05, 0.1) is 30.8 Å². The highest BCUT2D eigenvalue weighted by Gasteiger charge is 2.27. The van der Waals surface area contributed by atoms with Crippen molar-refractivity contribution in [2.45, 2.75) is 38.8 Å². The zero-order valence-electron chi connectivity index (χ0n) is 13.3. The van der Waals surface area contributed by atoms with E-state index in [1.165, 1.54) is 0 Å². The molecule has 22 heavy (non-hydrogen) atoms. The van der Waals surface area contributed by atoms with E-state index in [0.29, 0.717) is 25.4 Å². The molecule has 2 atom stereocenters. The molecular formula is C16H23N5O. The van der Waals surface area contributed by atoms with E-state index in [1.54, 1.807) is 6.20 Å². The first-order valence-electron chi connectivity index (χ1n) is 7.73. The Morgan fingerprint density at radius 2 is 2.36 bits per heavy atom. The van der Waals surface area contributed by atoms with Gasteiger partial charge in [0.15, 0.2) is 0 Å². The first-order chi connectivity index (χ1) is 10.6. The summed E-state index contributed by atoms with van der Waals surface area (Å²) in [5.41, 5.74) is 0. The first-order valence-corrected chi connectivity index (χ1v) is 7.73. The summed E-state index contributed by atoms with van der Waals surface area (Å²) in [4.78, 5) is 8.84. The van der Waals surface area contributed by atoms with Crippen LogP contribution >= 0.6 is 0 Å². The zero-order valence-corrected chi connectivity index (χ0v) is 13.3. The molecule has 0 N–H and O–H groups in total. The van der Waals surface area contributed by atoms with Gasteiger partial charge in [-0.25, -0.2) is 4.98 Å². The number of aromatic nitrogens is 1. The molecule has 0 saturated carbocycles. The molecule has 6 nitrogen and oxygen atoms in total. The Balaban J connectivity index is 1.79. The number of likely N-dealkylation sites (tertiary alicyclic amines) is 1. The van der Waals surface area contributed by atoms with E-state index in [9.17, 15) is 0 Å². The Morgan fingerprint density at radius 3 is 3.00 bits per heavy atom. The fourth-order valence-electron chi connectivity index (χ4n) is 2.90. The van der Waals surface area contributed by atoms with Crippen LogP contribution in [0.15, 0.2) is 10.6 Å². The van der Waals surface area contributed by atoms with Gasteiger partial charge < -0.3 is 9.32 Å². The van der Waals surface area contributed by atoms with E-state index in [0.717, 1.165) is 37.7 Å². The highest BCUT2D eigenvalue weighted by molar-refractivity contribution is 4.93. The number of hydrogen-bond donors (Lipinski definition) is 0. The van der Waals surface area contributed by atoms with Crippen molar-refractivity contribution < 1.29 is 4.42 Å². The topological polar surface area (TPSA) is 80.1 Å². The van der Waals surface area contributed by atoms with E-state index in [1.807, 2.05) is 6.92 Å². The Kier molecular flexibility index (Phi) is 5.94. The number of hydrogen-bond acceptors (Lipinski definition) is 6. The maximum absolute atomic E-state index is 9.17. The summed E-state index contributed by atoms with van der Waals surface area (Å²) >= 11 is 0. The van der Waals surface area contributed by atoms with Gasteiger partial charge in [-0.15, -0.1) is 0 Å². The van der Waals surface area contributed by atoms with Crippen LogP contribution in [-0.4, -0.2) is 47.5 Å². The molecule has 2 heterocycles. The highest BCUT2D eigenvalue weighted by atomic mass is 16.4. The number of oxazole rings is 1. The predicted octanol–water partition coefficient (Wildman–Crippen LogP) is 1.93. The fourth-order valence-corrected chi connectivity index (χ4v) is 2.90. The average Bonchev–Trinajstić information content (AvgIpc) is 3.12. The third-order valence-electron chi connectivity index (χ3n) is 4.19. The largest absolute Gasteiger partial charge is 0.445 e. The van der Waals surface area contributed by atoms with Crippen LogP contribution in [0.3, 0.4) is 0 Å². The molecule has 118 valence electrons. The van der Waals surface area contributed by atoms with Crippen molar-refractivity contribution in [3.63, 3.8) is 0 Å². The SMILES string of the molecule is Cc1cnc(CN(C)[C@@H]2CCN(C[C@@H](C#N)CCC#N)C2)o1. The van der Waals surface area contributed by atoms with Crippen LogP contribution in [0.25, 0.3) is 0 Å². The van der Waals surface area contributed by atoms with Gasteiger partial charge in [0.2, 0.25) is 5.89 Å². The summed E-state index contributed by atoms with van der Waals surface area (Å²) in [5.74, 6) is 1.55.